The van der Waals surface area contributed by atoms with Crippen molar-refractivity contribution in [3.63, 3.8) is 0 Å². The molecule has 0 aliphatic carbocycles. The van der Waals surface area contributed by atoms with E-state index in [1.165, 1.54) is 6.08 Å². The van der Waals surface area contributed by atoms with E-state index in [0.717, 1.165) is 24.0 Å². The number of carbonyl (C=O) groups excluding carboxylic acids is 2. The number of nitrogens with one attached hydrogen (secondary N) is 1. The second kappa shape index (κ2) is 11.4. The largest absolute Gasteiger partial charge is 0.482 e. The summed E-state index contributed by atoms with van der Waals surface area (Å²) < 4.78 is 10.7. The standard InChI is InChI=1S/C24H26N2O4/c1-4-5-12-26-24(28)20(15-25)14-19-7-10-21(11-8-19)30-23(27)16-29-22-9-6-17(2)18(3)13-22/h6-11,13-14H,4-5,12,16H2,1-3H3,(H,26,28)/b20-14+. The minimum Gasteiger partial charge on any atom is -0.482 e. The van der Waals surface area contributed by atoms with Crippen molar-refractivity contribution in [1.82, 2.24) is 5.32 Å². The maximum absolute atomic E-state index is 12.0. The van der Waals surface area contributed by atoms with Crippen molar-refractivity contribution in [2.75, 3.05) is 13.2 Å². The maximum Gasteiger partial charge on any atom is 0.349 e. The smallest absolute Gasteiger partial charge is 0.349 e. The van der Waals surface area contributed by atoms with Gasteiger partial charge < -0.3 is 14.8 Å². The molecule has 1 amide bonds. The van der Waals surface area contributed by atoms with Crippen molar-refractivity contribution in [3.05, 3.63) is 64.7 Å². The Hall–Kier alpha value is -3.59. The van der Waals surface area contributed by atoms with E-state index >= 15 is 0 Å². The number of hydrogen-bond acceptors (Lipinski definition) is 5. The second-order valence-corrected chi connectivity index (χ2v) is 6.86. The van der Waals surface area contributed by atoms with Crippen molar-refractivity contribution in [1.29, 1.82) is 5.26 Å². The van der Waals surface area contributed by atoms with E-state index in [0.29, 0.717) is 23.6 Å². The summed E-state index contributed by atoms with van der Waals surface area (Å²) >= 11 is 0. The third-order valence-corrected chi connectivity index (χ3v) is 4.44. The molecule has 0 heterocycles. The summed E-state index contributed by atoms with van der Waals surface area (Å²) in [6.07, 6.45) is 3.31. The Kier molecular flexibility index (Phi) is 8.64. The van der Waals surface area contributed by atoms with Crippen LogP contribution in [-0.4, -0.2) is 25.0 Å². The lowest BCUT2D eigenvalue weighted by Gasteiger charge is -2.08. The van der Waals surface area contributed by atoms with Gasteiger partial charge in [0.05, 0.1) is 0 Å². The van der Waals surface area contributed by atoms with Crippen molar-refractivity contribution < 1.29 is 19.1 Å². The van der Waals surface area contributed by atoms with Crippen LogP contribution in [0.3, 0.4) is 0 Å². The van der Waals surface area contributed by atoms with Crippen LogP contribution in [0.15, 0.2) is 48.0 Å². The Balaban J connectivity index is 1.91. The van der Waals surface area contributed by atoms with Crippen LogP contribution in [0, 0.1) is 25.2 Å². The van der Waals surface area contributed by atoms with E-state index in [1.54, 1.807) is 24.3 Å². The van der Waals surface area contributed by atoms with Crippen molar-refractivity contribution >= 4 is 18.0 Å². The number of rotatable bonds is 9. The molecule has 0 aliphatic heterocycles. The van der Waals surface area contributed by atoms with Gasteiger partial charge in [0.25, 0.3) is 5.91 Å². The monoisotopic (exact) mass is 406 g/mol. The van der Waals surface area contributed by atoms with E-state index in [1.807, 2.05) is 45.0 Å². The van der Waals surface area contributed by atoms with Gasteiger partial charge in [0, 0.05) is 6.54 Å². The molecule has 6 heteroatoms. The van der Waals surface area contributed by atoms with Gasteiger partial charge in [-0.2, -0.15) is 5.26 Å². The molecule has 0 atom stereocenters. The number of carbonyl (C=O) groups is 2. The molecule has 0 aliphatic rings. The van der Waals surface area contributed by atoms with Gasteiger partial charge in [-0.05, 0) is 67.3 Å². The quantitative estimate of drug-likeness (QED) is 0.223. The second-order valence-electron chi connectivity index (χ2n) is 6.86. The fraction of sp³-hybridized carbons (Fsp3) is 0.292. The number of nitriles is 1. The molecule has 2 aromatic rings. The normalized spacial score (nSPS) is 10.8. The third kappa shape index (κ3) is 7.10. The molecule has 1 N–H and O–H groups in total. The highest BCUT2D eigenvalue weighted by Crippen LogP contribution is 2.17. The summed E-state index contributed by atoms with van der Waals surface area (Å²) in [5, 5.41) is 11.9. The summed E-state index contributed by atoms with van der Waals surface area (Å²) in [5.74, 6) is 0.0398. The van der Waals surface area contributed by atoms with E-state index in [9.17, 15) is 14.9 Å². The van der Waals surface area contributed by atoms with Gasteiger partial charge in [0.15, 0.2) is 6.61 Å². The van der Waals surface area contributed by atoms with E-state index in [-0.39, 0.29) is 12.2 Å². The molecule has 0 spiro atoms. The number of benzene rings is 2. The fourth-order valence-electron chi connectivity index (χ4n) is 2.53. The molecule has 2 rings (SSSR count). The molecule has 6 nitrogen and oxygen atoms in total. The lowest BCUT2D eigenvalue weighted by atomic mass is 10.1. The maximum atomic E-state index is 12.0. The number of esters is 1. The zero-order valence-corrected chi connectivity index (χ0v) is 17.5. The molecular weight excluding hydrogens is 380 g/mol. The summed E-state index contributed by atoms with van der Waals surface area (Å²) in [7, 11) is 0. The van der Waals surface area contributed by atoms with Crippen LogP contribution in [0.4, 0.5) is 0 Å². The zero-order valence-electron chi connectivity index (χ0n) is 17.5. The van der Waals surface area contributed by atoms with Crippen molar-refractivity contribution in [3.8, 4) is 17.6 Å². The molecule has 0 aromatic heterocycles. The van der Waals surface area contributed by atoms with Crippen molar-refractivity contribution in [2.24, 2.45) is 0 Å². The van der Waals surface area contributed by atoms with Gasteiger partial charge in [-0.15, -0.1) is 0 Å². The SMILES string of the molecule is CCCCNC(=O)/C(C#N)=C/c1ccc(OC(=O)COc2ccc(C)c(C)c2)cc1. The van der Waals surface area contributed by atoms with Gasteiger partial charge in [0.2, 0.25) is 0 Å². The topological polar surface area (TPSA) is 88.4 Å². The van der Waals surface area contributed by atoms with Crippen LogP contribution in [0.25, 0.3) is 6.08 Å². The van der Waals surface area contributed by atoms with Gasteiger partial charge in [0.1, 0.15) is 23.1 Å². The molecule has 30 heavy (non-hydrogen) atoms. The van der Waals surface area contributed by atoms with Gasteiger partial charge in [-0.3, -0.25) is 4.79 Å². The molecule has 156 valence electrons. The Morgan fingerprint density at radius 3 is 2.40 bits per heavy atom. The van der Waals surface area contributed by atoms with E-state index in [4.69, 9.17) is 9.47 Å². The highest BCUT2D eigenvalue weighted by Gasteiger charge is 2.09. The third-order valence-electron chi connectivity index (χ3n) is 4.44. The van der Waals surface area contributed by atoms with Crippen LogP contribution in [-0.2, 0) is 9.59 Å². The van der Waals surface area contributed by atoms with Crippen LogP contribution >= 0.6 is 0 Å². The average molecular weight is 406 g/mol. The Morgan fingerprint density at radius 2 is 1.77 bits per heavy atom. The zero-order chi connectivity index (χ0) is 21.9. The first kappa shape index (κ1) is 22.7. The average Bonchev–Trinajstić information content (AvgIpc) is 2.74. The molecule has 0 fully saturated rings. The number of ether oxygens (including phenoxy) is 2. The molecule has 0 radical (unpaired) electrons. The Labute approximate surface area is 177 Å². The highest BCUT2D eigenvalue weighted by atomic mass is 16.6. The highest BCUT2D eigenvalue weighted by molar-refractivity contribution is 6.01. The van der Waals surface area contributed by atoms with Crippen LogP contribution in [0.5, 0.6) is 11.5 Å². The lowest BCUT2D eigenvalue weighted by Crippen LogP contribution is -2.25. The molecular formula is C24H26N2O4. The first-order chi connectivity index (χ1) is 14.4. The fourth-order valence-corrected chi connectivity index (χ4v) is 2.53. The van der Waals surface area contributed by atoms with Crippen molar-refractivity contribution in [2.45, 2.75) is 33.6 Å². The summed E-state index contributed by atoms with van der Waals surface area (Å²) in [6.45, 7) is 6.33. The summed E-state index contributed by atoms with van der Waals surface area (Å²) in [4.78, 5) is 24.0. The molecule has 0 saturated heterocycles. The van der Waals surface area contributed by atoms with Gasteiger partial charge >= 0.3 is 5.97 Å². The van der Waals surface area contributed by atoms with E-state index in [2.05, 4.69) is 5.32 Å². The number of hydrogen-bond donors (Lipinski definition) is 1. The predicted octanol–water partition coefficient (Wildman–Crippen LogP) is 4.11. The number of amides is 1. The Bertz CT molecular complexity index is 956. The van der Waals surface area contributed by atoms with Crippen LogP contribution < -0.4 is 14.8 Å². The van der Waals surface area contributed by atoms with Gasteiger partial charge in [-0.25, -0.2) is 4.79 Å². The number of nitrogens with zero attached hydrogens (tertiary/aromatic N) is 1. The first-order valence-corrected chi connectivity index (χ1v) is 9.83. The predicted molar refractivity (Wildman–Crippen MR) is 115 cm³/mol. The van der Waals surface area contributed by atoms with E-state index < -0.39 is 11.9 Å². The minimum absolute atomic E-state index is 0.0256. The van der Waals surface area contributed by atoms with Gasteiger partial charge in [-0.1, -0.05) is 31.5 Å². The molecule has 2 aromatic carbocycles. The van der Waals surface area contributed by atoms with Crippen LogP contribution in [0.2, 0.25) is 0 Å². The summed E-state index contributed by atoms with van der Waals surface area (Å²) in [6, 6.07) is 14.1. The lowest BCUT2D eigenvalue weighted by molar-refractivity contribution is -0.136. The Morgan fingerprint density at radius 1 is 1.07 bits per heavy atom. The first-order valence-electron chi connectivity index (χ1n) is 9.83. The molecule has 0 bridgehead atoms. The number of unbranched alkanes of at least 4 members (excludes halogenated alkanes) is 1. The minimum atomic E-state index is -0.524. The molecule has 0 saturated carbocycles. The number of aryl methyl sites for hydroxylation is 2. The van der Waals surface area contributed by atoms with Crippen LogP contribution in [0.1, 0.15) is 36.5 Å². The summed E-state index contributed by atoms with van der Waals surface area (Å²) in [5.41, 5.74) is 2.92. The molecule has 0 unspecified atom stereocenters.